The minimum Gasteiger partial charge on any atom is -0.370 e. The second-order valence-corrected chi connectivity index (χ2v) is 8.08. The summed E-state index contributed by atoms with van der Waals surface area (Å²) in [7, 11) is 2.10. The summed E-state index contributed by atoms with van der Waals surface area (Å²) in [6.07, 6.45) is 2.27. The van der Waals surface area contributed by atoms with E-state index in [0.717, 1.165) is 47.6 Å². The maximum atomic E-state index is 4.89. The Bertz CT molecular complexity index is 916. The fourth-order valence-corrected chi connectivity index (χ4v) is 4.41. The second-order valence-electron chi connectivity index (χ2n) is 7.17. The Morgan fingerprint density at radius 1 is 1.07 bits per heavy atom. The summed E-state index contributed by atoms with van der Waals surface area (Å²) in [5.74, 6) is 0.874. The van der Waals surface area contributed by atoms with Crippen LogP contribution in [0, 0.1) is 13.8 Å². The number of fused-ring (bicyclic) bond motifs is 1. The van der Waals surface area contributed by atoms with Crippen molar-refractivity contribution in [3.05, 3.63) is 45.9 Å². The molecule has 0 atom stereocenters. The normalized spacial score (nSPS) is 11.2. The van der Waals surface area contributed by atoms with Gasteiger partial charge in [0.05, 0.1) is 16.7 Å². The summed E-state index contributed by atoms with van der Waals surface area (Å²) >= 11 is 3.58. The zero-order valence-corrected chi connectivity index (χ0v) is 18.5. The average Bonchev–Trinajstić information content (AvgIpc) is 2.94. The summed E-state index contributed by atoms with van der Waals surface area (Å²) in [4.78, 5) is 7.37. The fraction of sp³-hybridized carbons (Fsp3) is 0.409. The Morgan fingerprint density at radius 2 is 1.70 bits per heavy atom. The van der Waals surface area contributed by atoms with Crippen LogP contribution in [0.25, 0.3) is 11.0 Å². The van der Waals surface area contributed by atoms with Crippen LogP contribution in [0.15, 0.2) is 34.8 Å². The van der Waals surface area contributed by atoms with Gasteiger partial charge in [-0.05, 0) is 62.1 Å². The third-order valence-corrected chi connectivity index (χ3v) is 5.39. The van der Waals surface area contributed by atoms with Gasteiger partial charge in [-0.25, -0.2) is 4.98 Å². The highest BCUT2D eigenvalue weighted by Crippen LogP contribution is 2.32. The van der Waals surface area contributed by atoms with Gasteiger partial charge in [-0.3, -0.25) is 0 Å². The Morgan fingerprint density at radius 3 is 2.30 bits per heavy atom. The Hall–Kier alpha value is -2.01. The molecule has 2 aromatic carbocycles. The summed E-state index contributed by atoms with van der Waals surface area (Å²) in [5, 5.41) is 3.57. The van der Waals surface area contributed by atoms with E-state index in [9.17, 15) is 0 Å². The van der Waals surface area contributed by atoms with Gasteiger partial charge in [0.15, 0.2) is 0 Å². The Kier molecular flexibility index (Phi) is 6.10. The molecule has 1 heterocycles. The topological polar surface area (TPSA) is 33.1 Å². The highest BCUT2D eigenvalue weighted by molar-refractivity contribution is 9.10. The molecule has 0 saturated carbocycles. The third kappa shape index (κ3) is 3.98. The lowest BCUT2D eigenvalue weighted by Gasteiger charge is -2.25. The maximum absolute atomic E-state index is 4.89. The first-order chi connectivity index (χ1) is 13.0. The molecule has 0 fully saturated rings. The van der Waals surface area contributed by atoms with E-state index in [-0.39, 0.29) is 0 Å². The number of imidazole rings is 1. The smallest absolute Gasteiger partial charge is 0.208 e. The average molecular weight is 429 g/mol. The van der Waals surface area contributed by atoms with Crippen LogP contribution in [-0.2, 0) is 7.05 Å². The molecule has 0 spiro atoms. The third-order valence-electron chi connectivity index (χ3n) is 4.93. The second kappa shape index (κ2) is 8.34. The summed E-state index contributed by atoms with van der Waals surface area (Å²) < 4.78 is 3.29. The van der Waals surface area contributed by atoms with E-state index in [0.29, 0.717) is 0 Å². The SMILES string of the molecule is CCCN(CCC)c1cccc2nc(Nc3c(C)cc(Br)cc3C)n(C)c12. The molecule has 0 unspecified atom stereocenters. The molecule has 0 aliphatic heterocycles. The zero-order chi connectivity index (χ0) is 19.6. The fourth-order valence-electron chi connectivity index (χ4n) is 3.73. The first-order valence-corrected chi connectivity index (χ1v) is 10.5. The Labute approximate surface area is 170 Å². The Balaban J connectivity index is 2.07. The number of nitrogens with one attached hydrogen (secondary N) is 1. The minimum absolute atomic E-state index is 0.874. The van der Waals surface area contributed by atoms with Crippen LogP contribution in [-0.4, -0.2) is 22.6 Å². The van der Waals surface area contributed by atoms with Crippen molar-refractivity contribution < 1.29 is 0 Å². The maximum Gasteiger partial charge on any atom is 0.208 e. The van der Waals surface area contributed by atoms with Crippen molar-refractivity contribution in [2.24, 2.45) is 7.05 Å². The van der Waals surface area contributed by atoms with E-state index in [1.54, 1.807) is 0 Å². The first-order valence-electron chi connectivity index (χ1n) is 9.70. The molecule has 3 rings (SSSR count). The van der Waals surface area contributed by atoms with Crippen molar-refractivity contribution in [3.8, 4) is 0 Å². The number of aromatic nitrogens is 2. The van der Waals surface area contributed by atoms with E-state index in [4.69, 9.17) is 4.98 Å². The van der Waals surface area contributed by atoms with Crippen LogP contribution in [0.5, 0.6) is 0 Å². The van der Waals surface area contributed by atoms with E-state index in [1.807, 2.05) is 0 Å². The van der Waals surface area contributed by atoms with Gasteiger partial charge < -0.3 is 14.8 Å². The van der Waals surface area contributed by atoms with Gasteiger partial charge in [0.1, 0.15) is 0 Å². The minimum atomic E-state index is 0.874. The van der Waals surface area contributed by atoms with Crippen LogP contribution in [0.3, 0.4) is 0 Å². The number of hydrogen-bond acceptors (Lipinski definition) is 3. The molecule has 4 nitrogen and oxygen atoms in total. The molecular weight excluding hydrogens is 400 g/mol. The number of para-hydroxylation sites is 1. The highest BCUT2D eigenvalue weighted by atomic mass is 79.9. The molecule has 144 valence electrons. The molecule has 0 aliphatic carbocycles. The van der Waals surface area contributed by atoms with Crippen LogP contribution in [0.4, 0.5) is 17.3 Å². The molecule has 0 amide bonds. The van der Waals surface area contributed by atoms with E-state index in [2.05, 4.69) is 95.8 Å². The van der Waals surface area contributed by atoms with Gasteiger partial charge in [0.2, 0.25) is 5.95 Å². The van der Waals surface area contributed by atoms with Gasteiger partial charge >= 0.3 is 0 Å². The van der Waals surface area contributed by atoms with E-state index < -0.39 is 0 Å². The molecule has 0 radical (unpaired) electrons. The van der Waals surface area contributed by atoms with Crippen molar-refractivity contribution in [3.63, 3.8) is 0 Å². The quantitative estimate of drug-likeness (QED) is 0.477. The summed E-state index contributed by atoms with van der Waals surface area (Å²) in [6, 6.07) is 10.7. The van der Waals surface area contributed by atoms with Gasteiger partial charge in [0.25, 0.3) is 0 Å². The van der Waals surface area contributed by atoms with Gasteiger partial charge in [-0.15, -0.1) is 0 Å². The number of halogens is 1. The van der Waals surface area contributed by atoms with Crippen molar-refractivity contribution in [1.82, 2.24) is 9.55 Å². The van der Waals surface area contributed by atoms with Crippen LogP contribution in [0.2, 0.25) is 0 Å². The number of rotatable bonds is 7. The van der Waals surface area contributed by atoms with Gasteiger partial charge in [-0.1, -0.05) is 35.8 Å². The molecule has 0 aliphatic rings. The van der Waals surface area contributed by atoms with Crippen molar-refractivity contribution in [1.29, 1.82) is 0 Å². The summed E-state index contributed by atoms with van der Waals surface area (Å²) in [6.45, 7) is 10.8. The molecule has 3 aromatic rings. The molecular formula is C22H29BrN4. The van der Waals surface area contributed by atoms with Crippen molar-refractivity contribution in [2.45, 2.75) is 40.5 Å². The monoisotopic (exact) mass is 428 g/mol. The lowest BCUT2D eigenvalue weighted by Crippen LogP contribution is -2.25. The molecule has 27 heavy (non-hydrogen) atoms. The number of hydrogen-bond donors (Lipinski definition) is 1. The zero-order valence-electron chi connectivity index (χ0n) is 16.9. The predicted molar refractivity (Wildman–Crippen MR) is 120 cm³/mol. The molecule has 0 bridgehead atoms. The standard InChI is InChI=1S/C22H29BrN4/c1-6-11-27(12-7-2)19-10-8-9-18-21(19)26(5)22(24-18)25-20-15(3)13-17(23)14-16(20)4/h8-10,13-14H,6-7,11-12H2,1-5H3,(H,24,25). The highest BCUT2D eigenvalue weighted by Gasteiger charge is 2.16. The molecule has 0 saturated heterocycles. The van der Waals surface area contributed by atoms with E-state index in [1.165, 1.54) is 22.3 Å². The van der Waals surface area contributed by atoms with E-state index >= 15 is 0 Å². The van der Waals surface area contributed by atoms with Gasteiger partial charge in [-0.2, -0.15) is 0 Å². The molecule has 1 N–H and O–H groups in total. The van der Waals surface area contributed by atoms with Crippen LogP contribution in [0.1, 0.15) is 37.8 Å². The number of anilines is 3. The lowest BCUT2D eigenvalue weighted by atomic mass is 10.1. The van der Waals surface area contributed by atoms with Crippen LogP contribution >= 0.6 is 15.9 Å². The number of aryl methyl sites for hydroxylation is 3. The van der Waals surface area contributed by atoms with Crippen LogP contribution < -0.4 is 10.2 Å². The van der Waals surface area contributed by atoms with Crippen molar-refractivity contribution >= 4 is 44.3 Å². The predicted octanol–water partition coefficient (Wildman–Crippen LogP) is 6.32. The molecule has 5 heteroatoms. The van der Waals surface area contributed by atoms with Crippen molar-refractivity contribution in [2.75, 3.05) is 23.3 Å². The van der Waals surface area contributed by atoms with Gasteiger partial charge in [0, 0.05) is 30.3 Å². The number of benzene rings is 2. The summed E-state index contributed by atoms with van der Waals surface area (Å²) in [5.41, 5.74) is 7.01. The lowest BCUT2D eigenvalue weighted by molar-refractivity contribution is 0.745. The largest absolute Gasteiger partial charge is 0.370 e. The first kappa shape index (κ1) is 19.7. The number of nitrogens with zero attached hydrogens (tertiary/aromatic N) is 3. The molecule has 1 aromatic heterocycles.